The molecule has 0 saturated heterocycles. The molecule has 2 rings (SSSR count). The summed E-state index contributed by atoms with van der Waals surface area (Å²) in [6.45, 7) is 1.81. The smallest absolute Gasteiger partial charge is 0.184 e. The second-order valence-corrected chi connectivity index (χ2v) is 4.60. The number of nitrogens with zero attached hydrogens (tertiary/aromatic N) is 2. The van der Waals surface area contributed by atoms with Crippen LogP contribution >= 0.6 is 11.6 Å². The lowest BCUT2D eigenvalue weighted by Crippen LogP contribution is -2.12. The van der Waals surface area contributed by atoms with E-state index in [1.807, 2.05) is 6.07 Å². The van der Waals surface area contributed by atoms with Gasteiger partial charge in [-0.2, -0.15) is 5.26 Å². The highest BCUT2D eigenvalue weighted by Gasteiger charge is 2.22. The summed E-state index contributed by atoms with van der Waals surface area (Å²) in [6.07, 6.45) is 3.14. The monoisotopic (exact) mass is 270 g/mol. The predicted octanol–water partition coefficient (Wildman–Crippen LogP) is 3.53. The first kappa shape index (κ1) is 13.3. The fraction of sp³-hybridized carbons (Fsp3) is 0.133. The van der Waals surface area contributed by atoms with Gasteiger partial charge in [-0.05, 0) is 48.4 Å². The lowest BCUT2D eigenvalue weighted by molar-refractivity contribution is 0.0978. The lowest BCUT2D eigenvalue weighted by Gasteiger charge is -2.10. The van der Waals surface area contributed by atoms with Crippen LogP contribution in [0, 0.1) is 18.3 Å². The number of carbonyl (C=O) groups excluding carboxylic acids is 1. The van der Waals surface area contributed by atoms with Crippen LogP contribution in [-0.2, 0) is 0 Å². The standard InChI is InChI=1S/C15H11ClN2O/c1-10-8-12(16)2-3-13(10)15(19)14(9-17)11-4-6-18-7-5-11/h2-8,14H,1H3. The summed E-state index contributed by atoms with van der Waals surface area (Å²) >= 11 is 5.87. The minimum atomic E-state index is -0.817. The average molecular weight is 271 g/mol. The van der Waals surface area contributed by atoms with Gasteiger partial charge in [0, 0.05) is 23.0 Å². The summed E-state index contributed by atoms with van der Waals surface area (Å²) < 4.78 is 0. The molecule has 3 nitrogen and oxygen atoms in total. The van der Waals surface area contributed by atoms with E-state index >= 15 is 0 Å². The molecule has 0 saturated carbocycles. The number of ketones is 1. The summed E-state index contributed by atoms with van der Waals surface area (Å²) in [7, 11) is 0. The van der Waals surface area contributed by atoms with E-state index in [1.165, 1.54) is 0 Å². The van der Waals surface area contributed by atoms with Gasteiger partial charge in [0.2, 0.25) is 0 Å². The van der Waals surface area contributed by atoms with Gasteiger partial charge in [-0.1, -0.05) is 11.6 Å². The van der Waals surface area contributed by atoms with Crippen molar-refractivity contribution in [3.05, 3.63) is 64.4 Å². The molecular formula is C15H11ClN2O. The van der Waals surface area contributed by atoms with Crippen molar-refractivity contribution in [1.82, 2.24) is 4.98 Å². The van der Waals surface area contributed by atoms with E-state index in [0.29, 0.717) is 16.1 Å². The number of aromatic nitrogens is 1. The molecule has 0 aliphatic carbocycles. The lowest BCUT2D eigenvalue weighted by atomic mass is 9.90. The Bertz CT molecular complexity index is 647. The van der Waals surface area contributed by atoms with E-state index < -0.39 is 5.92 Å². The zero-order chi connectivity index (χ0) is 13.8. The fourth-order valence-corrected chi connectivity index (χ4v) is 2.13. The number of halogens is 1. The summed E-state index contributed by atoms with van der Waals surface area (Å²) in [5.41, 5.74) is 1.94. The third kappa shape index (κ3) is 2.81. The number of hydrogen-bond donors (Lipinski definition) is 0. The topological polar surface area (TPSA) is 53.8 Å². The first-order valence-corrected chi connectivity index (χ1v) is 6.11. The molecule has 0 amide bonds. The van der Waals surface area contributed by atoms with Crippen molar-refractivity contribution >= 4 is 17.4 Å². The van der Waals surface area contributed by atoms with Gasteiger partial charge in [0.1, 0.15) is 5.92 Å². The Morgan fingerprint density at radius 1 is 1.32 bits per heavy atom. The molecule has 1 unspecified atom stereocenters. The molecule has 1 atom stereocenters. The van der Waals surface area contributed by atoms with Crippen LogP contribution in [-0.4, -0.2) is 10.8 Å². The van der Waals surface area contributed by atoms with Gasteiger partial charge in [0.25, 0.3) is 0 Å². The van der Waals surface area contributed by atoms with Gasteiger partial charge in [0.15, 0.2) is 5.78 Å². The highest BCUT2D eigenvalue weighted by Crippen LogP contribution is 2.23. The van der Waals surface area contributed by atoms with Crippen LogP contribution in [0.1, 0.15) is 27.4 Å². The molecule has 4 heteroatoms. The molecule has 1 heterocycles. The number of rotatable bonds is 3. The van der Waals surface area contributed by atoms with E-state index in [9.17, 15) is 10.1 Å². The molecule has 0 spiro atoms. The summed E-state index contributed by atoms with van der Waals surface area (Å²) in [5, 5.41) is 9.81. The van der Waals surface area contributed by atoms with Crippen molar-refractivity contribution < 1.29 is 4.79 Å². The van der Waals surface area contributed by atoms with Crippen LogP contribution in [0.3, 0.4) is 0 Å². The maximum atomic E-state index is 12.4. The zero-order valence-electron chi connectivity index (χ0n) is 10.3. The summed E-state index contributed by atoms with van der Waals surface area (Å²) in [4.78, 5) is 16.3. The normalized spacial score (nSPS) is 11.6. The van der Waals surface area contributed by atoms with E-state index in [2.05, 4.69) is 4.98 Å². The Morgan fingerprint density at radius 3 is 2.58 bits per heavy atom. The molecule has 19 heavy (non-hydrogen) atoms. The molecular weight excluding hydrogens is 260 g/mol. The number of benzene rings is 1. The van der Waals surface area contributed by atoms with Crippen molar-refractivity contribution in [3.63, 3.8) is 0 Å². The first-order chi connectivity index (χ1) is 9.13. The SMILES string of the molecule is Cc1cc(Cl)ccc1C(=O)C(C#N)c1ccncc1. The number of Topliss-reactive ketones (excluding diaryl/α,β-unsaturated/α-hetero) is 1. The molecule has 1 aromatic carbocycles. The van der Waals surface area contributed by atoms with Crippen LogP contribution < -0.4 is 0 Å². The minimum absolute atomic E-state index is 0.220. The molecule has 94 valence electrons. The molecule has 0 aliphatic heterocycles. The average Bonchev–Trinajstić information content (AvgIpc) is 2.40. The largest absolute Gasteiger partial charge is 0.292 e. The van der Waals surface area contributed by atoms with Gasteiger partial charge < -0.3 is 0 Å². The van der Waals surface area contributed by atoms with Crippen molar-refractivity contribution in [3.8, 4) is 6.07 Å². The van der Waals surface area contributed by atoms with Crippen molar-refractivity contribution in [2.24, 2.45) is 0 Å². The molecule has 2 aromatic rings. The van der Waals surface area contributed by atoms with E-state index in [0.717, 1.165) is 5.56 Å². The maximum absolute atomic E-state index is 12.4. The quantitative estimate of drug-likeness (QED) is 0.802. The number of carbonyl (C=O) groups is 1. The third-order valence-electron chi connectivity index (χ3n) is 2.88. The highest BCUT2D eigenvalue weighted by molar-refractivity contribution is 6.30. The molecule has 1 aromatic heterocycles. The number of pyridine rings is 1. The Morgan fingerprint density at radius 2 is 2.00 bits per heavy atom. The number of nitriles is 1. The summed E-state index contributed by atoms with van der Waals surface area (Å²) in [6, 6.07) is 10.4. The second kappa shape index (κ2) is 5.64. The summed E-state index contributed by atoms with van der Waals surface area (Å²) in [5.74, 6) is -1.04. The Labute approximate surface area is 116 Å². The van der Waals surface area contributed by atoms with Gasteiger partial charge in [-0.15, -0.1) is 0 Å². The van der Waals surface area contributed by atoms with E-state index in [-0.39, 0.29) is 5.78 Å². The van der Waals surface area contributed by atoms with E-state index in [1.54, 1.807) is 49.6 Å². The second-order valence-electron chi connectivity index (χ2n) is 4.17. The van der Waals surface area contributed by atoms with Crippen molar-refractivity contribution in [1.29, 1.82) is 5.26 Å². The number of hydrogen-bond acceptors (Lipinski definition) is 3. The minimum Gasteiger partial charge on any atom is -0.292 e. The molecule has 0 aliphatic rings. The Balaban J connectivity index is 2.40. The zero-order valence-corrected chi connectivity index (χ0v) is 11.1. The van der Waals surface area contributed by atoms with Gasteiger partial charge >= 0.3 is 0 Å². The predicted molar refractivity (Wildman–Crippen MR) is 73.1 cm³/mol. The molecule has 0 fully saturated rings. The van der Waals surface area contributed by atoms with Crippen LogP contribution in [0.2, 0.25) is 5.02 Å². The highest BCUT2D eigenvalue weighted by atomic mass is 35.5. The Kier molecular flexibility index (Phi) is 3.94. The van der Waals surface area contributed by atoms with Crippen LogP contribution in [0.5, 0.6) is 0 Å². The van der Waals surface area contributed by atoms with E-state index in [4.69, 9.17) is 11.6 Å². The number of aryl methyl sites for hydroxylation is 1. The van der Waals surface area contributed by atoms with Crippen LogP contribution in [0.15, 0.2) is 42.7 Å². The van der Waals surface area contributed by atoms with Gasteiger partial charge in [-0.3, -0.25) is 9.78 Å². The van der Waals surface area contributed by atoms with Crippen molar-refractivity contribution in [2.75, 3.05) is 0 Å². The molecule has 0 radical (unpaired) electrons. The van der Waals surface area contributed by atoms with Gasteiger partial charge in [0.05, 0.1) is 6.07 Å². The first-order valence-electron chi connectivity index (χ1n) is 5.73. The van der Waals surface area contributed by atoms with Crippen LogP contribution in [0.25, 0.3) is 0 Å². The van der Waals surface area contributed by atoms with Crippen LogP contribution in [0.4, 0.5) is 0 Å². The molecule has 0 N–H and O–H groups in total. The molecule has 0 bridgehead atoms. The third-order valence-corrected chi connectivity index (χ3v) is 3.12. The maximum Gasteiger partial charge on any atom is 0.184 e. The van der Waals surface area contributed by atoms with Gasteiger partial charge in [-0.25, -0.2) is 0 Å². The fourth-order valence-electron chi connectivity index (χ4n) is 1.90. The van der Waals surface area contributed by atoms with Crippen molar-refractivity contribution in [2.45, 2.75) is 12.8 Å². The Hall–Kier alpha value is -2.18.